The average molecular weight is 215 g/mol. The molecule has 58 valence electrons. The van der Waals surface area contributed by atoms with E-state index in [9.17, 15) is 4.79 Å². The summed E-state index contributed by atoms with van der Waals surface area (Å²) in [7, 11) is 0. The van der Waals surface area contributed by atoms with E-state index < -0.39 is 0 Å². The van der Waals surface area contributed by atoms with Gasteiger partial charge in [0.25, 0.3) is 0 Å². The van der Waals surface area contributed by atoms with E-state index in [0.717, 1.165) is 4.44 Å². The molecule has 1 heterocycles. The van der Waals surface area contributed by atoms with E-state index in [4.69, 9.17) is 4.74 Å². The quantitative estimate of drug-likeness (QED) is 0.428. The molecule has 0 spiro atoms. The molecule has 1 aromatic heterocycles. The molecule has 2 nitrogen and oxygen atoms in total. The van der Waals surface area contributed by atoms with Crippen molar-refractivity contribution in [3.05, 3.63) is 34.2 Å². The van der Waals surface area contributed by atoms with Gasteiger partial charge in [0.05, 0.1) is 0 Å². The molecule has 0 atom stereocenters. The molecule has 0 aliphatic rings. The van der Waals surface area contributed by atoms with Gasteiger partial charge in [-0.05, 0) is 0 Å². The van der Waals surface area contributed by atoms with E-state index in [1.54, 1.807) is 12.1 Å². The van der Waals surface area contributed by atoms with Crippen molar-refractivity contribution in [3.63, 3.8) is 0 Å². The maximum atomic E-state index is 11.0. The summed E-state index contributed by atoms with van der Waals surface area (Å²) in [6.45, 7) is 3.75. The van der Waals surface area contributed by atoms with Crippen LogP contribution in [0.15, 0.2) is 29.7 Å². The average Bonchev–Trinajstić information content (AvgIpc) is 2.52. The number of esters is 1. The van der Waals surface area contributed by atoms with Gasteiger partial charge in [-0.25, -0.2) is 0 Å². The Hall–Kier alpha value is -0.791. The second-order valence-electron chi connectivity index (χ2n) is 1.86. The van der Waals surface area contributed by atoms with Crippen molar-refractivity contribution in [1.82, 2.24) is 0 Å². The topological polar surface area (TPSA) is 26.3 Å². The molecule has 0 saturated heterocycles. The molecule has 0 amide bonds. The normalized spacial score (nSPS) is 9.09. The number of hydrogen-bond acceptors (Lipinski definition) is 2. The van der Waals surface area contributed by atoms with Gasteiger partial charge < -0.3 is 0 Å². The Bertz CT molecular complexity index is 239. The first-order chi connectivity index (χ1) is 5.34. The van der Waals surface area contributed by atoms with Crippen LogP contribution < -0.4 is 0 Å². The number of rotatable bonds is 3. The molecule has 3 heteroatoms. The molecule has 0 aliphatic heterocycles. The van der Waals surface area contributed by atoms with Crippen molar-refractivity contribution in [3.8, 4) is 0 Å². The van der Waals surface area contributed by atoms with Crippen molar-refractivity contribution >= 4 is 20.5 Å². The third-order valence-electron chi connectivity index (χ3n) is 1.05. The maximum absolute atomic E-state index is 11.0. The molecule has 1 rings (SSSR count). The van der Waals surface area contributed by atoms with Crippen LogP contribution in [-0.4, -0.2) is 27.1 Å². The van der Waals surface area contributed by atoms with Gasteiger partial charge in [-0.2, -0.15) is 0 Å². The van der Waals surface area contributed by atoms with E-state index in [0.29, 0.717) is 6.61 Å². The van der Waals surface area contributed by atoms with E-state index >= 15 is 0 Å². The second-order valence-corrected chi connectivity index (χ2v) is 3.85. The SMILES string of the molecule is C=CCOC(=O)c1ccc[se]1. The Morgan fingerprint density at radius 3 is 3.18 bits per heavy atom. The summed E-state index contributed by atoms with van der Waals surface area (Å²) in [6, 6.07) is 3.68. The fraction of sp³-hybridized carbons (Fsp3) is 0.125. The molecular weight excluding hydrogens is 207 g/mol. The Kier molecular flexibility index (Phi) is 3.14. The van der Waals surface area contributed by atoms with Gasteiger partial charge in [-0.3, -0.25) is 0 Å². The molecule has 0 aromatic carbocycles. The first kappa shape index (κ1) is 8.31. The van der Waals surface area contributed by atoms with E-state index in [1.807, 2.05) is 11.0 Å². The molecule has 11 heavy (non-hydrogen) atoms. The number of ether oxygens (including phenoxy) is 1. The zero-order valence-corrected chi connectivity index (χ0v) is 7.66. The fourth-order valence-electron chi connectivity index (χ4n) is 0.600. The standard InChI is InChI=1S/C8H8O2Se/c1-2-5-10-8(9)7-4-3-6-11-7/h2-4,6H,1,5H2. The third-order valence-corrected chi connectivity index (χ3v) is 2.84. The number of carbonyl (C=O) groups excluding carboxylic acids is 1. The Morgan fingerprint density at radius 1 is 1.82 bits per heavy atom. The van der Waals surface area contributed by atoms with Crippen LogP contribution in [0.3, 0.4) is 0 Å². The van der Waals surface area contributed by atoms with Gasteiger partial charge >= 0.3 is 70.8 Å². The molecule has 1 aromatic rings. The van der Waals surface area contributed by atoms with E-state index in [1.165, 1.54) is 0 Å². The Morgan fingerprint density at radius 2 is 2.64 bits per heavy atom. The van der Waals surface area contributed by atoms with Crippen molar-refractivity contribution in [2.24, 2.45) is 0 Å². The van der Waals surface area contributed by atoms with Crippen LogP contribution in [0.2, 0.25) is 0 Å². The van der Waals surface area contributed by atoms with Crippen LogP contribution in [-0.2, 0) is 4.74 Å². The Labute approximate surface area is 71.2 Å². The summed E-state index contributed by atoms with van der Waals surface area (Å²) in [5.74, 6) is -0.213. The molecule has 0 aliphatic carbocycles. The van der Waals surface area contributed by atoms with E-state index in [2.05, 4.69) is 6.58 Å². The van der Waals surface area contributed by atoms with Crippen molar-refractivity contribution in [1.29, 1.82) is 0 Å². The van der Waals surface area contributed by atoms with E-state index in [-0.39, 0.29) is 20.5 Å². The summed E-state index contributed by atoms with van der Waals surface area (Å²) in [5.41, 5.74) is 0. The fourth-order valence-corrected chi connectivity index (χ4v) is 1.89. The van der Waals surface area contributed by atoms with Gasteiger partial charge in [0.1, 0.15) is 0 Å². The number of carbonyl (C=O) groups is 1. The summed E-state index contributed by atoms with van der Waals surface area (Å²) < 4.78 is 5.60. The van der Waals surface area contributed by atoms with Crippen molar-refractivity contribution in [2.45, 2.75) is 0 Å². The minimum absolute atomic E-state index is 0.179. The van der Waals surface area contributed by atoms with Crippen molar-refractivity contribution in [2.75, 3.05) is 6.61 Å². The Balaban J connectivity index is 2.49. The summed E-state index contributed by atoms with van der Waals surface area (Å²) in [6.07, 6.45) is 1.56. The van der Waals surface area contributed by atoms with Crippen LogP contribution in [0.4, 0.5) is 0 Å². The van der Waals surface area contributed by atoms with Gasteiger partial charge in [0.2, 0.25) is 0 Å². The number of hydrogen-bond donors (Lipinski definition) is 0. The van der Waals surface area contributed by atoms with Crippen LogP contribution >= 0.6 is 0 Å². The zero-order chi connectivity index (χ0) is 8.10. The van der Waals surface area contributed by atoms with Crippen LogP contribution in [0.25, 0.3) is 0 Å². The second kappa shape index (κ2) is 4.16. The molecule has 0 radical (unpaired) electrons. The van der Waals surface area contributed by atoms with Crippen LogP contribution in [0.5, 0.6) is 0 Å². The van der Waals surface area contributed by atoms with Crippen LogP contribution in [0, 0.1) is 0 Å². The van der Waals surface area contributed by atoms with Gasteiger partial charge in [0, 0.05) is 0 Å². The molecule has 0 saturated carbocycles. The van der Waals surface area contributed by atoms with Crippen LogP contribution in [0.1, 0.15) is 9.23 Å². The predicted octanol–water partition coefficient (Wildman–Crippen LogP) is 1.09. The first-order valence-electron chi connectivity index (χ1n) is 3.16. The first-order valence-corrected chi connectivity index (χ1v) is 5.00. The predicted molar refractivity (Wildman–Crippen MR) is 43.9 cm³/mol. The third kappa shape index (κ3) is 2.37. The summed E-state index contributed by atoms with van der Waals surface area (Å²) in [5, 5.41) is 0. The molecule has 0 fully saturated rings. The molecule has 0 unspecified atom stereocenters. The molecule has 0 N–H and O–H groups in total. The monoisotopic (exact) mass is 216 g/mol. The minimum atomic E-state index is -0.213. The summed E-state index contributed by atoms with van der Waals surface area (Å²) in [4.78, 5) is 13.0. The molecular formula is C8H8O2Se. The van der Waals surface area contributed by atoms with Gasteiger partial charge in [-0.1, -0.05) is 0 Å². The van der Waals surface area contributed by atoms with Crippen molar-refractivity contribution < 1.29 is 9.53 Å². The van der Waals surface area contributed by atoms with Gasteiger partial charge in [-0.15, -0.1) is 0 Å². The zero-order valence-electron chi connectivity index (χ0n) is 5.95. The summed E-state index contributed by atoms with van der Waals surface area (Å²) >= 11 is 0.179. The van der Waals surface area contributed by atoms with Gasteiger partial charge in [0.15, 0.2) is 0 Å². The molecule has 0 bridgehead atoms.